The summed E-state index contributed by atoms with van der Waals surface area (Å²) >= 11 is 0. The van der Waals surface area contributed by atoms with Crippen LogP contribution < -0.4 is 20.1 Å². The Balaban J connectivity index is 1.27. The lowest BCUT2D eigenvalue weighted by Gasteiger charge is -2.25. The molecule has 4 amide bonds. The van der Waals surface area contributed by atoms with Gasteiger partial charge in [-0.2, -0.15) is 0 Å². The average Bonchev–Trinajstić information content (AvgIpc) is 3.08. The van der Waals surface area contributed by atoms with Crippen LogP contribution in [0.2, 0.25) is 0 Å². The Morgan fingerprint density at radius 2 is 1.62 bits per heavy atom. The van der Waals surface area contributed by atoms with E-state index in [1.165, 1.54) is 0 Å². The molecule has 1 unspecified atom stereocenters. The standard InChI is InChI=1S/C26H23N3O5/c1-26(19-9-12-21-22(15-19)34-14-13-33-21)24(31)29(25(32)28-26)16-23(30)27-20-10-7-18(8-11-20)17-5-3-2-4-6-17/h2-12,15H,13-14,16H2,1H3,(H,27,30)(H,28,32). The first-order valence-electron chi connectivity index (χ1n) is 10.9. The van der Waals surface area contributed by atoms with Crippen LogP contribution in [0.1, 0.15) is 12.5 Å². The van der Waals surface area contributed by atoms with Crippen LogP contribution >= 0.6 is 0 Å². The summed E-state index contributed by atoms with van der Waals surface area (Å²) in [5, 5.41) is 5.46. The van der Waals surface area contributed by atoms with Gasteiger partial charge in [0.2, 0.25) is 5.91 Å². The number of hydrogen-bond donors (Lipinski definition) is 2. The van der Waals surface area contributed by atoms with Gasteiger partial charge in [0, 0.05) is 5.69 Å². The van der Waals surface area contributed by atoms with Crippen molar-refractivity contribution in [3.8, 4) is 22.6 Å². The van der Waals surface area contributed by atoms with Gasteiger partial charge in [-0.05, 0) is 47.9 Å². The van der Waals surface area contributed by atoms with Crippen molar-refractivity contribution in [3.05, 3.63) is 78.4 Å². The largest absolute Gasteiger partial charge is 0.486 e. The average molecular weight is 457 g/mol. The quantitative estimate of drug-likeness (QED) is 0.572. The SMILES string of the molecule is CC1(c2ccc3c(c2)OCCO3)NC(=O)N(CC(=O)Nc2ccc(-c3ccccc3)cc2)C1=O. The van der Waals surface area contributed by atoms with Crippen LogP contribution in [0.5, 0.6) is 11.5 Å². The molecule has 1 saturated heterocycles. The Kier molecular flexibility index (Phi) is 5.41. The van der Waals surface area contributed by atoms with Gasteiger partial charge < -0.3 is 20.1 Å². The highest BCUT2D eigenvalue weighted by molar-refractivity contribution is 6.10. The van der Waals surface area contributed by atoms with Crippen molar-refractivity contribution in [1.29, 1.82) is 0 Å². The Morgan fingerprint density at radius 1 is 0.941 bits per heavy atom. The lowest BCUT2D eigenvalue weighted by atomic mass is 9.91. The zero-order chi connectivity index (χ0) is 23.7. The van der Waals surface area contributed by atoms with Crippen molar-refractivity contribution < 1.29 is 23.9 Å². The molecule has 0 radical (unpaired) electrons. The van der Waals surface area contributed by atoms with Crippen molar-refractivity contribution in [2.45, 2.75) is 12.5 Å². The maximum Gasteiger partial charge on any atom is 0.325 e. The number of nitrogens with one attached hydrogen (secondary N) is 2. The minimum absolute atomic E-state index is 0.398. The van der Waals surface area contributed by atoms with Crippen LogP contribution in [-0.4, -0.2) is 42.5 Å². The number of amides is 4. The van der Waals surface area contributed by atoms with Gasteiger partial charge in [0.15, 0.2) is 11.5 Å². The Labute approximate surface area is 196 Å². The number of anilines is 1. The van der Waals surface area contributed by atoms with Gasteiger partial charge in [-0.3, -0.25) is 14.5 Å². The van der Waals surface area contributed by atoms with Gasteiger partial charge in [0.05, 0.1) is 0 Å². The van der Waals surface area contributed by atoms with Crippen LogP contribution in [-0.2, 0) is 15.1 Å². The van der Waals surface area contributed by atoms with Gasteiger partial charge >= 0.3 is 6.03 Å². The lowest BCUT2D eigenvalue weighted by Crippen LogP contribution is -2.42. The minimum atomic E-state index is -1.31. The highest BCUT2D eigenvalue weighted by Crippen LogP contribution is 2.36. The van der Waals surface area contributed by atoms with E-state index in [9.17, 15) is 14.4 Å². The van der Waals surface area contributed by atoms with E-state index in [1.54, 1.807) is 37.3 Å². The van der Waals surface area contributed by atoms with E-state index in [-0.39, 0.29) is 0 Å². The number of ether oxygens (including phenoxy) is 2. The molecule has 0 aromatic heterocycles. The predicted octanol–water partition coefficient (Wildman–Crippen LogP) is 3.53. The van der Waals surface area contributed by atoms with Gasteiger partial charge in [-0.1, -0.05) is 48.5 Å². The lowest BCUT2D eigenvalue weighted by molar-refractivity contribution is -0.133. The maximum absolute atomic E-state index is 13.2. The summed E-state index contributed by atoms with van der Waals surface area (Å²) in [6, 6.07) is 21.7. The number of benzene rings is 3. The number of imide groups is 1. The molecule has 3 aromatic rings. The molecule has 2 aliphatic heterocycles. The van der Waals surface area contributed by atoms with Crippen molar-refractivity contribution in [1.82, 2.24) is 10.2 Å². The first kappa shape index (κ1) is 21.5. The summed E-state index contributed by atoms with van der Waals surface area (Å²) in [4.78, 5) is 39.3. The molecule has 2 N–H and O–H groups in total. The van der Waals surface area contributed by atoms with Gasteiger partial charge in [0.25, 0.3) is 5.91 Å². The van der Waals surface area contributed by atoms with E-state index in [1.807, 2.05) is 42.5 Å². The topological polar surface area (TPSA) is 97.0 Å². The molecule has 8 heteroatoms. The molecule has 172 valence electrons. The van der Waals surface area contributed by atoms with E-state index in [2.05, 4.69) is 10.6 Å². The number of nitrogens with zero attached hydrogens (tertiary/aromatic N) is 1. The summed E-state index contributed by atoms with van der Waals surface area (Å²) in [5.74, 6) is 0.123. The number of fused-ring (bicyclic) bond motifs is 1. The summed E-state index contributed by atoms with van der Waals surface area (Å²) < 4.78 is 11.1. The van der Waals surface area contributed by atoms with Gasteiger partial charge in [0.1, 0.15) is 25.3 Å². The third kappa shape index (κ3) is 3.94. The molecule has 0 spiro atoms. The second-order valence-electron chi connectivity index (χ2n) is 8.30. The number of hydrogen-bond acceptors (Lipinski definition) is 5. The number of rotatable bonds is 5. The van der Waals surface area contributed by atoms with Crippen LogP contribution in [0.4, 0.5) is 10.5 Å². The zero-order valence-corrected chi connectivity index (χ0v) is 18.5. The number of urea groups is 1. The second-order valence-corrected chi connectivity index (χ2v) is 8.30. The van der Waals surface area contributed by atoms with Crippen LogP contribution in [0, 0.1) is 0 Å². The molecular weight excluding hydrogens is 434 g/mol. The van der Waals surface area contributed by atoms with Crippen LogP contribution in [0.3, 0.4) is 0 Å². The molecule has 34 heavy (non-hydrogen) atoms. The van der Waals surface area contributed by atoms with Crippen LogP contribution in [0.25, 0.3) is 11.1 Å². The van der Waals surface area contributed by atoms with E-state index < -0.39 is 29.9 Å². The van der Waals surface area contributed by atoms with Crippen molar-refractivity contribution in [2.75, 3.05) is 25.1 Å². The van der Waals surface area contributed by atoms with Gasteiger partial charge in [-0.15, -0.1) is 0 Å². The van der Waals surface area contributed by atoms with Gasteiger partial charge in [-0.25, -0.2) is 4.79 Å². The number of carbonyl (C=O) groups excluding carboxylic acids is 3. The van der Waals surface area contributed by atoms with E-state index in [0.717, 1.165) is 16.0 Å². The predicted molar refractivity (Wildman–Crippen MR) is 126 cm³/mol. The third-order valence-electron chi connectivity index (χ3n) is 5.97. The normalized spacial score (nSPS) is 19.0. The molecule has 2 heterocycles. The molecule has 3 aromatic carbocycles. The summed E-state index contributed by atoms with van der Waals surface area (Å²) in [6.07, 6.45) is 0. The van der Waals surface area contributed by atoms with E-state index in [4.69, 9.17) is 9.47 Å². The van der Waals surface area contributed by atoms with E-state index in [0.29, 0.717) is 36.0 Å². The molecule has 0 saturated carbocycles. The molecule has 2 aliphatic rings. The molecule has 1 atom stereocenters. The minimum Gasteiger partial charge on any atom is -0.486 e. The fourth-order valence-corrected chi connectivity index (χ4v) is 4.11. The molecule has 1 fully saturated rings. The summed E-state index contributed by atoms with van der Waals surface area (Å²) in [5.41, 5.74) is 1.90. The Hall–Kier alpha value is -4.33. The van der Waals surface area contributed by atoms with Crippen molar-refractivity contribution in [3.63, 3.8) is 0 Å². The fourth-order valence-electron chi connectivity index (χ4n) is 4.11. The van der Waals surface area contributed by atoms with E-state index >= 15 is 0 Å². The zero-order valence-electron chi connectivity index (χ0n) is 18.5. The molecule has 0 aliphatic carbocycles. The first-order valence-corrected chi connectivity index (χ1v) is 10.9. The molecule has 0 bridgehead atoms. The summed E-state index contributed by atoms with van der Waals surface area (Å²) in [6.45, 7) is 2.08. The third-order valence-corrected chi connectivity index (χ3v) is 5.97. The summed E-state index contributed by atoms with van der Waals surface area (Å²) in [7, 11) is 0. The smallest absolute Gasteiger partial charge is 0.325 e. The van der Waals surface area contributed by atoms with Crippen LogP contribution in [0.15, 0.2) is 72.8 Å². The number of carbonyl (C=O) groups is 3. The molecule has 8 nitrogen and oxygen atoms in total. The van der Waals surface area contributed by atoms with Crippen molar-refractivity contribution >= 4 is 23.5 Å². The fraction of sp³-hybridized carbons (Fsp3) is 0.192. The molecule has 5 rings (SSSR count). The molecular formula is C26H23N3O5. The van der Waals surface area contributed by atoms with Crippen molar-refractivity contribution in [2.24, 2.45) is 0 Å². The Bertz CT molecular complexity index is 1260. The monoisotopic (exact) mass is 457 g/mol. The highest BCUT2D eigenvalue weighted by atomic mass is 16.6. The first-order chi connectivity index (χ1) is 16.4. The Morgan fingerprint density at radius 3 is 2.35 bits per heavy atom. The second kappa shape index (κ2) is 8.55. The highest BCUT2D eigenvalue weighted by Gasteiger charge is 2.49. The maximum atomic E-state index is 13.2.